The molecule has 0 saturated carbocycles. The van der Waals surface area contributed by atoms with Crippen LogP contribution in [0.5, 0.6) is 0 Å². The Balaban J connectivity index is 1.46. The third kappa shape index (κ3) is 3.94. The minimum atomic E-state index is -0.147. The van der Waals surface area contributed by atoms with Crippen LogP contribution in [-0.2, 0) is 7.05 Å². The molecule has 1 saturated heterocycles. The summed E-state index contributed by atoms with van der Waals surface area (Å²) in [6.07, 6.45) is 1.54. The van der Waals surface area contributed by atoms with E-state index < -0.39 is 0 Å². The summed E-state index contributed by atoms with van der Waals surface area (Å²) in [5, 5.41) is 7.46. The zero-order valence-corrected chi connectivity index (χ0v) is 16.7. The van der Waals surface area contributed by atoms with Gasteiger partial charge in [-0.2, -0.15) is 5.10 Å². The number of likely N-dealkylation sites (tertiary alicyclic amines) is 1. The summed E-state index contributed by atoms with van der Waals surface area (Å²) in [7, 11) is 1.68. The minimum absolute atomic E-state index is 0.0891. The molecule has 0 unspecified atom stereocenters. The molecule has 1 aliphatic heterocycles. The number of urea groups is 1. The molecule has 29 heavy (non-hydrogen) atoms. The van der Waals surface area contributed by atoms with Crippen molar-refractivity contribution in [2.24, 2.45) is 7.05 Å². The number of hydrogen-bond donors (Lipinski definition) is 1. The lowest BCUT2D eigenvalue weighted by molar-refractivity contribution is 0.193. The van der Waals surface area contributed by atoms with E-state index in [1.807, 2.05) is 66.4 Å². The maximum Gasteiger partial charge on any atom is 0.350 e. The third-order valence-electron chi connectivity index (χ3n) is 5.41. The summed E-state index contributed by atoms with van der Waals surface area (Å²) in [5.74, 6) is 0.898. The highest BCUT2D eigenvalue weighted by molar-refractivity contribution is 5.89. The second-order valence-electron chi connectivity index (χ2n) is 7.49. The van der Waals surface area contributed by atoms with Gasteiger partial charge in [-0.3, -0.25) is 0 Å². The summed E-state index contributed by atoms with van der Waals surface area (Å²) >= 11 is 0. The van der Waals surface area contributed by atoms with Gasteiger partial charge in [0.2, 0.25) is 0 Å². The van der Waals surface area contributed by atoms with Crippen molar-refractivity contribution in [3.8, 4) is 5.69 Å². The van der Waals surface area contributed by atoms with Crippen LogP contribution in [0.15, 0.2) is 59.4 Å². The van der Waals surface area contributed by atoms with Gasteiger partial charge in [-0.1, -0.05) is 35.9 Å². The van der Waals surface area contributed by atoms with Crippen LogP contribution < -0.4 is 11.0 Å². The molecule has 0 radical (unpaired) electrons. The van der Waals surface area contributed by atoms with E-state index in [9.17, 15) is 9.59 Å². The molecule has 2 amide bonds. The fourth-order valence-electron chi connectivity index (χ4n) is 3.75. The van der Waals surface area contributed by atoms with E-state index in [0.717, 1.165) is 35.6 Å². The zero-order valence-electron chi connectivity index (χ0n) is 16.7. The number of carbonyl (C=O) groups is 1. The number of amides is 2. The zero-order chi connectivity index (χ0) is 20.4. The van der Waals surface area contributed by atoms with Crippen LogP contribution in [0.3, 0.4) is 0 Å². The predicted molar refractivity (Wildman–Crippen MR) is 113 cm³/mol. The highest BCUT2D eigenvalue weighted by Crippen LogP contribution is 2.28. The first-order valence-corrected chi connectivity index (χ1v) is 9.87. The molecule has 150 valence electrons. The monoisotopic (exact) mass is 391 g/mol. The quantitative estimate of drug-likeness (QED) is 0.745. The van der Waals surface area contributed by atoms with Gasteiger partial charge in [0.25, 0.3) is 0 Å². The lowest BCUT2D eigenvalue weighted by Gasteiger charge is -2.31. The van der Waals surface area contributed by atoms with E-state index in [1.165, 1.54) is 4.68 Å². The van der Waals surface area contributed by atoms with Crippen LogP contribution in [0.25, 0.3) is 5.69 Å². The molecule has 0 bridgehead atoms. The Morgan fingerprint density at radius 1 is 1.03 bits per heavy atom. The number of para-hydroxylation sites is 1. The van der Waals surface area contributed by atoms with Gasteiger partial charge in [0.05, 0.1) is 5.69 Å². The van der Waals surface area contributed by atoms with Crippen molar-refractivity contribution in [3.63, 3.8) is 0 Å². The van der Waals surface area contributed by atoms with Crippen LogP contribution in [0, 0.1) is 6.92 Å². The van der Waals surface area contributed by atoms with E-state index in [-0.39, 0.29) is 17.6 Å². The molecule has 1 aliphatic rings. The van der Waals surface area contributed by atoms with Gasteiger partial charge in [0.1, 0.15) is 5.82 Å². The molecule has 3 aromatic rings. The van der Waals surface area contributed by atoms with Gasteiger partial charge >= 0.3 is 11.7 Å². The summed E-state index contributed by atoms with van der Waals surface area (Å²) in [6.45, 7) is 3.27. The van der Waals surface area contributed by atoms with Crippen LogP contribution >= 0.6 is 0 Å². The average Bonchev–Trinajstić information content (AvgIpc) is 3.05. The average molecular weight is 391 g/mol. The van der Waals surface area contributed by atoms with Gasteiger partial charge < -0.3 is 10.2 Å². The van der Waals surface area contributed by atoms with E-state index in [4.69, 9.17) is 0 Å². The van der Waals surface area contributed by atoms with Gasteiger partial charge in [0, 0.05) is 31.7 Å². The van der Waals surface area contributed by atoms with Crippen molar-refractivity contribution in [2.45, 2.75) is 25.7 Å². The fraction of sp³-hybridized carbons (Fsp3) is 0.318. The third-order valence-corrected chi connectivity index (χ3v) is 5.41. The Morgan fingerprint density at radius 2 is 1.69 bits per heavy atom. The summed E-state index contributed by atoms with van der Waals surface area (Å²) in [4.78, 5) is 27.0. The topological polar surface area (TPSA) is 72.2 Å². The van der Waals surface area contributed by atoms with Crippen molar-refractivity contribution in [2.75, 3.05) is 18.4 Å². The molecule has 7 heteroatoms. The molecule has 2 heterocycles. The Kier molecular flexibility index (Phi) is 5.20. The van der Waals surface area contributed by atoms with E-state index in [2.05, 4.69) is 10.4 Å². The lowest BCUT2D eigenvalue weighted by atomic mass is 9.96. The number of anilines is 1. The largest absolute Gasteiger partial charge is 0.350 e. The number of benzene rings is 2. The van der Waals surface area contributed by atoms with Crippen LogP contribution in [-0.4, -0.2) is 38.4 Å². The summed E-state index contributed by atoms with van der Waals surface area (Å²) in [5.41, 5.74) is 2.62. The first-order valence-electron chi connectivity index (χ1n) is 9.87. The lowest BCUT2D eigenvalue weighted by Crippen LogP contribution is -2.41. The Hall–Kier alpha value is -3.35. The highest BCUT2D eigenvalue weighted by atomic mass is 16.2. The molecular formula is C22H25N5O2. The number of aryl methyl sites for hydroxylation is 2. The van der Waals surface area contributed by atoms with Gasteiger partial charge in [-0.25, -0.2) is 18.8 Å². The second-order valence-corrected chi connectivity index (χ2v) is 7.49. The van der Waals surface area contributed by atoms with Crippen LogP contribution in [0.2, 0.25) is 0 Å². The van der Waals surface area contributed by atoms with Crippen molar-refractivity contribution in [1.29, 1.82) is 0 Å². The van der Waals surface area contributed by atoms with Gasteiger partial charge in [0.15, 0.2) is 0 Å². The molecule has 7 nitrogen and oxygen atoms in total. The van der Waals surface area contributed by atoms with Crippen molar-refractivity contribution >= 4 is 11.7 Å². The molecule has 1 fully saturated rings. The fourth-order valence-corrected chi connectivity index (χ4v) is 3.75. The number of rotatable bonds is 3. The number of nitrogens with zero attached hydrogens (tertiary/aromatic N) is 4. The predicted octanol–water partition coefficient (Wildman–Crippen LogP) is 3.29. The molecule has 0 spiro atoms. The Labute approximate surface area is 169 Å². The minimum Gasteiger partial charge on any atom is -0.324 e. The molecule has 0 atom stereocenters. The smallest absolute Gasteiger partial charge is 0.324 e. The van der Waals surface area contributed by atoms with Gasteiger partial charge in [-0.05, 0) is 44.0 Å². The van der Waals surface area contributed by atoms with Gasteiger partial charge in [-0.15, -0.1) is 0 Å². The SMILES string of the molecule is Cc1ccc(NC(=O)N2CCC(c3nn(C)c(=O)n3-c3ccccc3)CC2)cc1. The second kappa shape index (κ2) is 7.95. The number of nitrogens with one attached hydrogen (secondary N) is 1. The van der Waals surface area contributed by atoms with E-state index in [0.29, 0.717) is 13.1 Å². The Bertz CT molecular complexity index is 1050. The van der Waals surface area contributed by atoms with Crippen LogP contribution in [0.1, 0.15) is 30.1 Å². The van der Waals surface area contributed by atoms with E-state index >= 15 is 0 Å². The summed E-state index contributed by atoms with van der Waals surface area (Å²) in [6, 6.07) is 17.3. The van der Waals surface area contributed by atoms with Crippen molar-refractivity contribution < 1.29 is 4.79 Å². The maximum absolute atomic E-state index is 12.6. The number of hydrogen-bond acceptors (Lipinski definition) is 3. The Morgan fingerprint density at radius 3 is 2.34 bits per heavy atom. The number of piperidine rings is 1. The standard InChI is InChI=1S/C22H25N5O2/c1-16-8-10-18(11-9-16)23-21(28)26-14-12-17(13-15-26)20-24-25(2)22(29)27(20)19-6-4-3-5-7-19/h3-11,17H,12-15H2,1-2H3,(H,23,28). The van der Waals surface area contributed by atoms with Crippen LogP contribution in [0.4, 0.5) is 10.5 Å². The number of carbonyl (C=O) groups excluding carboxylic acids is 1. The maximum atomic E-state index is 12.6. The molecule has 0 aliphatic carbocycles. The van der Waals surface area contributed by atoms with Crippen molar-refractivity contribution in [1.82, 2.24) is 19.2 Å². The number of aromatic nitrogens is 3. The molecular weight excluding hydrogens is 366 g/mol. The normalized spacial score (nSPS) is 14.8. The molecule has 1 N–H and O–H groups in total. The first-order chi connectivity index (χ1) is 14.0. The van der Waals surface area contributed by atoms with Crippen molar-refractivity contribution in [3.05, 3.63) is 76.5 Å². The molecule has 2 aromatic carbocycles. The summed E-state index contributed by atoms with van der Waals surface area (Å²) < 4.78 is 3.07. The van der Waals surface area contributed by atoms with E-state index in [1.54, 1.807) is 11.6 Å². The molecule has 1 aromatic heterocycles. The molecule has 4 rings (SSSR count). The highest BCUT2D eigenvalue weighted by Gasteiger charge is 2.28. The first kappa shape index (κ1) is 19.0.